The highest BCUT2D eigenvalue weighted by atomic mass is 16.3. The van der Waals surface area contributed by atoms with Gasteiger partial charge < -0.3 is 10.0 Å². The van der Waals surface area contributed by atoms with Gasteiger partial charge in [0.15, 0.2) is 0 Å². The number of piperidine rings is 1. The topological polar surface area (TPSA) is 40.5 Å². The van der Waals surface area contributed by atoms with Gasteiger partial charge in [0.1, 0.15) is 6.10 Å². The molecule has 1 aliphatic heterocycles. The van der Waals surface area contributed by atoms with Crippen LogP contribution in [0.5, 0.6) is 0 Å². The zero-order valence-corrected chi connectivity index (χ0v) is 8.66. The van der Waals surface area contributed by atoms with Crippen LogP contribution in [-0.4, -0.2) is 35.1 Å². The Balaban J connectivity index is 2.55. The van der Waals surface area contributed by atoms with Crippen molar-refractivity contribution in [1.29, 1.82) is 0 Å². The summed E-state index contributed by atoms with van der Waals surface area (Å²) in [4.78, 5) is 13.2. The molecule has 3 heteroatoms. The highest BCUT2D eigenvalue weighted by Crippen LogP contribution is 2.21. The van der Waals surface area contributed by atoms with Gasteiger partial charge >= 0.3 is 0 Å². The first-order chi connectivity index (χ1) is 6.00. The van der Waals surface area contributed by atoms with Gasteiger partial charge in [-0.1, -0.05) is 13.8 Å². The van der Waals surface area contributed by atoms with Crippen molar-refractivity contribution >= 4 is 5.91 Å². The number of carbonyl (C=O) groups excluding carboxylic acids is 1. The first-order valence-corrected chi connectivity index (χ1v) is 4.97. The second-order valence-corrected chi connectivity index (χ2v) is 4.37. The van der Waals surface area contributed by atoms with Gasteiger partial charge in [0.2, 0.25) is 0 Å². The Labute approximate surface area is 79.7 Å². The Kier molecular flexibility index (Phi) is 3.31. The van der Waals surface area contributed by atoms with E-state index in [0.29, 0.717) is 11.8 Å². The summed E-state index contributed by atoms with van der Waals surface area (Å²) in [6.07, 6.45) is 0.335. The molecule has 0 aromatic heterocycles. The molecule has 1 rings (SSSR count). The minimum Gasteiger partial charge on any atom is -0.384 e. The Hall–Kier alpha value is -0.570. The zero-order chi connectivity index (χ0) is 10.0. The van der Waals surface area contributed by atoms with E-state index in [9.17, 15) is 4.79 Å². The summed E-state index contributed by atoms with van der Waals surface area (Å²) in [7, 11) is 0. The molecule has 3 nitrogen and oxygen atoms in total. The number of aliphatic hydroxyl groups is 1. The molecule has 2 unspecified atom stereocenters. The molecule has 0 bridgehead atoms. The molecular weight excluding hydrogens is 166 g/mol. The lowest BCUT2D eigenvalue weighted by molar-refractivity contribution is -0.142. The minimum absolute atomic E-state index is 0.126. The third-order valence-corrected chi connectivity index (χ3v) is 2.54. The molecule has 13 heavy (non-hydrogen) atoms. The van der Waals surface area contributed by atoms with Gasteiger partial charge in [0.25, 0.3) is 5.91 Å². The summed E-state index contributed by atoms with van der Waals surface area (Å²) < 4.78 is 0. The molecule has 0 radical (unpaired) electrons. The number of aliphatic hydroxyl groups excluding tert-OH is 1. The smallest absolute Gasteiger partial charge is 0.251 e. The van der Waals surface area contributed by atoms with Crippen LogP contribution in [0.4, 0.5) is 0 Å². The van der Waals surface area contributed by atoms with E-state index in [0.717, 1.165) is 13.1 Å². The lowest BCUT2D eigenvalue weighted by Gasteiger charge is -2.35. The van der Waals surface area contributed by atoms with Crippen LogP contribution >= 0.6 is 0 Å². The van der Waals surface area contributed by atoms with Crippen LogP contribution in [0.1, 0.15) is 27.2 Å². The van der Waals surface area contributed by atoms with Crippen molar-refractivity contribution in [3.05, 3.63) is 0 Å². The fourth-order valence-corrected chi connectivity index (χ4v) is 2.11. The van der Waals surface area contributed by atoms with Gasteiger partial charge in [-0.25, -0.2) is 0 Å². The SMILES string of the molecule is CC1CC(C)CN(C(=O)[C@@H](C)O)C1. The quantitative estimate of drug-likeness (QED) is 0.658. The molecule has 0 aliphatic carbocycles. The molecular formula is C10H19NO2. The molecule has 0 aromatic rings. The Morgan fingerprint density at radius 3 is 2.23 bits per heavy atom. The average Bonchev–Trinajstić information content (AvgIpc) is 2.01. The second kappa shape index (κ2) is 4.09. The maximum atomic E-state index is 11.5. The van der Waals surface area contributed by atoms with Gasteiger partial charge in [-0.05, 0) is 25.2 Å². The number of nitrogens with zero attached hydrogens (tertiary/aromatic N) is 1. The van der Waals surface area contributed by atoms with Gasteiger partial charge in [-0.2, -0.15) is 0 Å². The molecule has 0 aromatic carbocycles. The summed E-state index contributed by atoms with van der Waals surface area (Å²) in [5.74, 6) is 0.997. The molecule has 1 aliphatic rings. The van der Waals surface area contributed by atoms with Gasteiger partial charge in [0.05, 0.1) is 0 Å². The van der Waals surface area contributed by atoms with Crippen LogP contribution in [0.25, 0.3) is 0 Å². The molecule has 0 saturated carbocycles. The average molecular weight is 185 g/mol. The molecule has 3 atom stereocenters. The van der Waals surface area contributed by atoms with Crippen molar-refractivity contribution in [1.82, 2.24) is 4.90 Å². The normalized spacial score (nSPS) is 31.5. The van der Waals surface area contributed by atoms with Crippen LogP contribution in [-0.2, 0) is 4.79 Å². The van der Waals surface area contributed by atoms with Gasteiger partial charge in [-0.15, -0.1) is 0 Å². The van der Waals surface area contributed by atoms with Crippen molar-refractivity contribution in [2.75, 3.05) is 13.1 Å². The lowest BCUT2D eigenvalue weighted by atomic mass is 9.91. The number of rotatable bonds is 1. The van der Waals surface area contributed by atoms with E-state index in [1.54, 1.807) is 4.90 Å². The summed E-state index contributed by atoms with van der Waals surface area (Å²) in [6.45, 7) is 7.43. The van der Waals surface area contributed by atoms with Crippen molar-refractivity contribution < 1.29 is 9.90 Å². The van der Waals surface area contributed by atoms with Crippen molar-refractivity contribution in [2.24, 2.45) is 11.8 Å². The second-order valence-electron chi connectivity index (χ2n) is 4.37. The van der Waals surface area contributed by atoms with Gasteiger partial charge in [0, 0.05) is 13.1 Å². The molecule has 1 heterocycles. The lowest BCUT2D eigenvalue weighted by Crippen LogP contribution is -2.46. The number of likely N-dealkylation sites (tertiary alicyclic amines) is 1. The largest absolute Gasteiger partial charge is 0.384 e. The molecule has 76 valence electrons. The maximum absolute atomic E-state index is 11.5. The zero-order valence-electron chi connectivity index (χ0n) is 8.66. The number of carbonyl (C=O) groups is 1. The molecule has 0 spiro atoms. The fraction of sp³-hybridized carbons (Fsp3) is 0.900. The predicted octanol–water partition coefficient (Wildman–Crippen LogP) is 0.872. The fourth-order valence-electron chi connectivity index (χ4n) is 2.11. The summed E-state index contributed by atoms with van der Waals surface area (Å²) in [6, 6.07) is 0. The summed E-state index contributed by atoms with van der Waals surface area (Å²) in [5.41, 5.74) is 0. The van der Waals surface area contributed by atoms with Crippen molar-refractivity contribution in [2.45, 2.75) is 33.3 Å². The van der Waals surface area contributed by atoms with Crippen molar-refractivity contribution in [3.63, 3.8) is 0 Å². The van der Waals surface area contributed by atoms with E-state index in [2.05, 4.69) is 13.8 Å². The molecule has 1 saturated heterocycles. The summed E-state index contributed by atoms with van der Waals surface area (Å²) >= 11 is 0. The minimum atomic E-state index is -0.850. The first kappa shape index (κ1) is 10.5. The summed E-state index contributed by atoms with van der Waals surface area (Å²) in [5, 5.41) is 9.15. The standard InChI is InChI=1S/C10H19NO2/c1-7-4-8(2)6-11(5-7)10(13)9(3)12/h7-9,12H,4-6H2,1-3H3/t7?,8?,9-/m1/s1. The van der Waals surface area contributed by atoms with E-state index in [1.807, 2.05) is 0 Å². The Morgan fingerprint density at radius 1 is 1.38 bits per heavy atom. The van der Waals surface area contributed by atoms with E-state index in [-0.39, 0.29) is 5.91 Å². The molecule has 1 amide bonds. The monoisotopic (exact) mass is 185 g/mol. The molecule has 1 N–H and O–H groups in total. The van der Waals surface area contributed by atoms with Crippen LogP contribution in [0, 0.1) is 11.8 Å². The van der Waals surface area contributed by atoms with Crippen LogP contribution in [0.15, 0.2) is 0 Å². The predicted molar refractivity (Wildman–Crippen MR) is 51.2 cm³/mol. The Morgan fingerprint density at radius 2 is 1.85 bits per heavy atom. The number of hydrogen-bond acceptors (Lipinski definition) is 2. The maximum Gasteiger partial charge on any atom is 0.251 e. The van der Waals surface area contributed by atoms with E-state index in [4.69, 9.17) is 5.11 Å². The van der Waals surface area contributed by atoms with Crippen LogP contribution < -0.4 is 0 Å². The highest BCUT2D eigenvalue weighted by Gasteiger charge is 2.27. The van der Waals surface area contributed by atoms with E-state index in [1.165, 1.54) is 13.3 Å². The van der Waals surface area contributed by atoms with Crippen LogP contribution in [0.2, 0.25) is 0 Å². The Bertz CT molecular complexity index is 181. The van der Waals surface area contributed by atoms with Crippen LogP contribution in [0.3, 0.4) is 0 Å². The highest BCUT2D eigenvalue weighted by molar-refractivity contribution is 5.80. The third-order valence-electron chi connectivity index (χ3n) is 2.54. The third kappa shape index (κ3) is 2.69. The number of hydrogen-bond donors (Lipinski definition) is 1. The van der Waals surface area contributed by atoms with E-state index >= 15 is 0 Å². The molecule has 1 fully saturated rings. The first-order valence-electron chi connectivity index (χ1n) is 4.97. The van der Waals surface area contributed by atoms with E-state index < -0.39 is 6.10 Å². The van der Waals surface area contributed by atoms with Gasteiger partial charge in [-0.3, -0.25) is 4.79 Å². The van der Waals surface area contributed by atoms with Crippen molar-refractivity contribution in [3.8, 4) is 0 Å². The number of amides is 1.